The number of anilines is 7. The maximum Gasteiger partial charge on any atom is 0.321 e. The summed E-state index contributed by atoms with van der Waals surface area (Å²) in [6, 6.07) is 46.6. The third-order valence-electron chi connectivity index (χ3n) is 16.5. The Morgan fingerprint density at radius 1 is 0.372 bits per heavy atom. The number of rotatable bonds is 25. The fourth-order valence-electron chi connectivity index (χ4n) is 10.8. The van der Waals surface area contributed by atoms with Gasteiger partial charge < -0.3 is 5.32 Å². The zero-order valence-corrected chi connectivity index (χ0v) is 64.3. The van der Waals surface area contributed by atoms with Gasteiger partial charge in [-0.3, -0.25) is 66.0 Å². The molecule has 0 aliphatic heterocycles. The van der Waals surface area contributed by atoms with Crippen LogP contribution in [0.25, 0.3) is 0 Å². The lowest BCUT2D eigenvalue weighted by molar-refractivity contribution is -0.118. The molecule has 8 amide bonds. The van der Waals surface area contributed by atoms with Crippen LogP contribution in [0, 0.1) is 18.8 Å². The van der Waals surface area contributed by atoms with E-state index >= 15 is 0 Å². The summed E-state index contributed by atoms with van der Waals surface area (Å²) in [5, 5.41) is 64.4. The van der Waals surface area contributed by atoms with Crippen LogP contribution in [0.2, 0.25) is 0 Å². The average molecular weight is 1580 g/mol. The molecule has 2 unspecified atom stereocenters. The maximum absolute atomic E-state index is 11.9. The monoisotopic (exact) mass is 1580 g/mol. The topological polar surface area (TPSA) is 507 Å². The standard InChI is InChI=1S/C12H14N4OS.C11H12N4OS.C11H18N4O.C11H12N4O.C10H11N5O.C10H16N4O.C10H10N4O/c1-8-3-5-10(6-4-8)18-9(2)11(17)15-12-13-7-14-16-12;1-8(17-9-5-3-2-4-6-9)10(16)14-11-12-7-13-15-11;2*16-10(14-11-12-8-13-15-11)7-6-9-4-2-1-3-5-9;16-10(14-9-12-7-13-15-9)11-6-8-4-2-1-3-5-8;2*15-9(13-10-11-7-12-14-10)6-8-4-2-1-3-5-8/h3-7,9H,1-2H3,(H2,13,14,15,16,17);2-8H,1H3,(H2,12,13,14,15,16);8-9H,1-7H2,(H2,12,13,14,15,16);1-5,8H,6-7H2,(H2,12,13,14,15,16);1-5,7H,6H2,(H3,11,12,13,14,15,16);7-8H,1-6H2,(H2,11,12,13,14,15);1-5,7H,6H2,(H2,11,12,13,14,15). The van der Waals surface area contributed by atoms with Gasteiger partial charge in [0.15, 0.2) is 0 Å². The number of carbonyl (C=O) groups excluding carboxylic acids is 7. The second-order valence-electron chi connectivity index (χ2n) is 25.3. The summed E-state index contributed by atoms with van der Waals surface area (Å²) in [5.74, 6) is 3.69. The number of H-pyrrole nitrogens is 7. The fraction of sp³-hybridized carbons (Fsp3) is 0.320. The van der Waals surface area contributed by atoms with Crippen molar-refractivity contribution in [3.63, 3.8) is 0 Å². The summed E-state index contributed by atoms with van der Waals surface area (Å²) in [4.78, 5) is 110. The zero-order valence-electron chi connectivity index (χ0n) is 62.7. The molecule has 2 aliphatic carbocycles. The summed E-state index contributed by atoms with van der Waals surface area (Å²) >= 11 is 3.01. The number of benzene rings is 5. The van der Waals surface area contributed by atoms with Crippen molar-refractivity contribution in [2.75, 3.05) is 37.2 Å². The Morgan fingerprint density at radius 3 is 1.13 bits per heavy atom. The van der Waals surface area contributed by atoms with Crippen molar-refractivity contribution in [2.24, 2.45) is 11.8 Å². The van der Waals surface area contributed by atoms with Crippen LogP contribution >= 0.6 is 23.5 Å². The summed E-state index contributed by atoms with van der Waals surface area (Å²) in [6.45, 7) is 6.22. The van der Waals surface area contributed by atoms with E-state index in [0.717, 1.165) is 45.2 Å². The van der Waals surface area contributed by atoms with Crippen LogP contribution in [-0.4, -0.2) is 158 Å². The highest BCUT2D eigenvalue weighted by Crippen LogP contribution is 2.29. The van der Waals surface area contributed by atoms with Gasteiger partial charge in [-0.2, -0.15) is 70.6 Å². The normalized spacial score (nSPS) is 12.6. The van der Waals surface area contributed by atoms with E-state index in [1.54, 1.807) is 0 Å². The Morgan fingerprint density at radius 2 is 0.717 bits per heavy atom. The average Bonchev–Trinajstić information content (AvgIpc) is 1.83. The highest BCUT2D eigenvalue weighted by molar-refractivity contribution is 8.00. The first kappa shape index (κ1) is 85.5. The number of aryl methyl sites for hydroxylation is 2. The lowest BCUT2D eigenvalue weighted by Gasteiger charge is -2.20. The molecule has 5 aromatic carbocycles. The van der Waals surface area contributed by atoms with Crippen molar-refractivity contribution in [3.8, 4) is 0 Å². The largest absolute Gasteiger partial charge is 0.334 e. The summed E-state index contributed by atoms with van der Waals surface area (Å²) in [5.41, 5.74) is 4.36. The lowest BCUT2D eigenvalue weighted by atomic mass is 9.86. The van der Waals surface area contributed by atoms with E-state index in [0.29, 0.717) is 79.8 Å². The molecule has 2 fully saturated rings. The van der Waals surface area contributed by atoms with Gasteiger partial charge >= 0.3 is 6.03 Å². The summed E-state index contributed by atoms with van der Waals surface area (Å²) in [6.07, 6.45) is 26.0. The Kier molecular flexibility index (Phi) is 37.7. The molecule has 14 rings (SSSR count). The summed E-state index contributed by atoms with van der Waals surface area (Å²) < 4.78 is 0. The Labute approximate surface area is 659 Å². The van der Waals surface area contributed by atoms with Crippen molar-refractivity contribution in [1.29, 1.82) is 0 Å². The molecule has 15 N–H and O–H groups in total. The lowest BCUT2D eigenvalue weighted by Crippen LogP contribution is -2.28. The van der Waals surface area contributed by atoms with Gasteiger partial charge in [0.25, 0.3) is 0 Å². The number of nitrogens with one attached hydrogen (secondary N) is 15. The van der Waals surface area contributed by atoms with E-state index in [-0.39, 0.29) is 52.0 Å². The molecule has 113 heavy (non-hydrogen) atoms. The van der Waals surface area contributed by atoms with Gasteiger partial charge in [-0.1, -0.05) is 178 Å². The third kappa shape index (κ3) is 35.9. The van der Waals surface area contributed by atoms with E-state index in [1.807, 2.05) is 166 Å². The van der Waals surface area contributed by atoms with Crippen LogP contribution in [0.5, 0.6) is 0 Å². The number of hydrogen-bond acceptors (Lipinski definition) is 23. The molecule has 36 nitrogen and oxygen atoms in total. The number of carbonyl (C=O) groups is 7. The molecule has 592 valence electrons. The molecule has 0 saturated heterocycles. The van der Waals surface area contributed by atoms with Gasteiger partial charge in [-0.05, 0) is 99.2 Å². The SMILES string of the molecule is CC(Sc1ccccc1)C(=O)Nc1ncn[nH]1.Cc1ccc(SC(C)C(=O)Nc2ncn[nH]2)cc1.O=C(CC1CCCCC1)Nc1ncn[nH]1.O=C(CCC1CCCCC1)Nc1ncn[nH]1.O=C(CCc1ccccc1)Nc1ncn[nH]1.O=C(Cc1ccccc1)Nc1ncn[nH]1.O=C(NCc1ccccc1)Nc1ncn[nH]1. The van der Waals surface area contributed by atoms with Crippen molar-refractivity contribution in [1.82, 2.24) is 112 Å². The molecule has 0 radical (unpaired) electrons. The predicted molar refractivity (Wildman–Crippen MR) is 429 cm³/mol. The number of aromatic nitrogens is 21. The number of aromatic amines is 7. The molecule has 2 aliphatic rings. The molecule has 2 saturated carbocycles. The number of thioether (sulfide) groups is 2. The van der Waals surface area contributed by atoms with Crippen LogP contribution in [0.15, 0.2) is 200 Å². The number of urea groups is 1. The van der Waals surface area contributed by atoms with Crippen LogP contribution in [0.4, 0.5) is 46.4 Å². The molecular formula is C75H93N29O7S2. The van der Waals surface area contributed by atoms with Crippen molar-refractivity contribution < 1.29 is 33.6 Å². The molecule has 7 heterocycles. The molecule has 0 spiro atoms. The number of nitrogens with zero attached hydrogens (tertiary/aromatic N) is 14. The molecule has 12 aromatic rings. The van der Waals surface area contributed by atoms with Crippen LogP contribution in [0.1, 0.15) is 126 Å². The quantitative estimate of drug-likeness (QED) is 0.0236. The van der Waals surface area contributed by atoms with Crippen molar-refractivity contribution in [2.45, 2.75) is 150 Å². The first-order valence-corrected chi connectivity index (χ1v) is 38.3. The minimum absolute atomic E-state index is 0.0299. The Bertz CT molecular complexity index is 4440. The van der Waals surface area contributed by atoms with Gasteiger partial charge in [0.2, 0.25) is 77.1 Å². The van der Waals surface area contributed by atoms with Gasteiger partial charge in [-0.25, -0.2) is 40.5 Å². The van der Waals surface area contributed by atoms with Crippen LogP contribution in [0.3, 0.4) is 0 Å². The van der Waals surface area contributed by atoms with E-state index in [4.69, 9.17) is 0 Å². The minimum Gasteiger partial charge on any atom is -0.334 e. The highest BCUT2D eigenvalue weighted by Gasteiger charge is 2.20. The number of amides is 8. The molecule has 2 atom stereocenters. The van der Waals surface area contributed by atoms with E-state index < -0.39 is 0 Å². The van der Waals surface area contributed by atoms with Crippen LogP contribution in [-0.2, 0) is 48.2 Å². The van der Waals surface area contributed by atoms with E-state index in [1.165, 1.54) is 138 Å². The first-order chi connectivity index (χ1) is 55.1. The first-order valence-electron chi connectivity index (χ1n) is 36.5. The molecular weight excluding hydrogens is 1480 g/mol. The van der Waals surface area contributed by atoms with Gasteiger partial charge in [-0.15, -0.1) is 23.5 Å². The Hall–Kier alpha value is -13.1. The predicted octanol–water partition coefficient (Wildman–Crippen LogP) is 11.5. The van der Waals surface area contributed by atoms with Gasteiger partial charge in [0, 0.05) is 35.6 Å². The molecule has 0 bridgehead atoms. The molecule has 7 aromatic heterocycles. The van der Waals surface area contributed by atoms with E-state index in [9.17, 15) is 33.6 Å². The molecule has 38 heteroatoms. The third-order valence-corrected chi connectivity index (χ3v) is 18.7. The zero-order chi connectivity index (χ0) is 79.7. The van der Waals surface area contributed by atoms with Crippen molar-refractivity contribution >= 4 is 107 Å². The second-order valence-corrected chi connectivity index (χ2v) is 28.2. The van der Waals surface area contributed by atoms with Gasteiger partial charge in [0.05, 0.1) is 16.9 Å². The summed E-state index contributed by atoms with van der Waals surface area (Å²) in [7, 11) is 0. The highest BCUT2D eigenvalue weighted by atomic mass is 32.2. The Balaban J connectivity index is 0.000000165. The van der Waals surface area contributed by atoms with Crippen molar-refractivity contribution in [3.05, 3.63) is 212 Å². The fourth-order valence-corrected chi connectivity index (χ4v) is 12.5. The second kappa shape index (κ2) is 49.8. The van der Waals surface area contributed by atoms with Crippen LogP contribution < -0.4 is 42.5 Å². The maximum atomic E-state index is 11.9. The van der Waals surface area contributed by atoms with Gasteiger partial charge in [0.1, 0.15) is 44.3 Å². The number of hydrogen-bond donors (Lipinski definition) is 15. The minimum atomic E-state index is -0.319. The van der Waals surface area contributed by atoms with E-state index in [2.05, 4.69) is 149 Å². The smallest absolute Gasteiger partial charge is 0.321 e.